The van der Waals surface area contributed by atoms with Crippen LogP contribution in [-0.2, 0) is 6.54 Å². The molecule has 0 aromatic carbocycles. The number of aryl methyl sites for hydroxylation is 2. The topological polar surface area (TPSA) is 67.7 Å². The molecule has 78 valence electrons. The van der Waals surface area contributed by atoms with Crippen molar-refractivity contribution in [3.63, 3.8) is 0 Å². The summed E-state index contributed by atoms with van der Waals surface area (Å²) in [7, 11) is 0. The Labute approximate surface area is 84.7 Å². The van der Waals surface area contributed by atoms with Gasteiger partial charge in [-0.25, -0.2) is 4.98 Å². The molecule has 0 saturated heterocycles. The summed E-state index contributed by atoms with van der Waals surface area (Å²) < 4.78 is 2.15. The molecule has 0 saturated carbocycles. The molecule has 1 heterocycles. The first-order valence-corrected chi connectivity index (χ1v) is 4.92. The van der Waals surface area contributed by atoms with Crippen LogP contribution in [0.5, 0.6) is 0 Å². The predicted molar refractivity (Wildman–Crippen MR) is 57.5 cm³/mol. The Balaban J connectivity index is 2.31. The molecule has 4 nitrogen and oxygen atoms in total. The lowest BCUT2D eigenvalue weighted by Crippen LogP contribution is -2.09. The molecule has 0 amide bonds. The fourth-order valence-corrected chi connectivity index (χ4v) is 1.37. The molecular weight excluding hydrogens is 176 g/mol. The van der Waals surface area contributed by atoms with E-state index in [0.29, 0.717) is 6.42 Å². The molecule has 0 aliphatic rings. The maximum Gasteiger partial charge on any atom is 0.0951 e. The van der Waals surface area contributed by atoms with Crippen LogP contribution in [-0.4, -0.2) is 15.4 Å². The molecule has 0 aliphatic carbocycles. The summed E-state index contributed by atoms with van der Waals surface area (Å²) in [5.74, 6) is 0.281. The zero-order valence-electron chi connectivity index (χ0n) is 8.88. The quantitative estimate of drug-likeness (QED) is 0.425. The molecule has 3 N–H and O–H groups in total. The van der Waals surface area contributed by atoms with Crippen LogP contribution in [0.4, 0.5) is 0 Å². The molecule has 1 rings (SSSR count). The maximum absolute atomic E-state index is 7.08. The van der Waals surface area contributed by atoms with Gasteiger partial charge in [0, 0.05) is 18.7 Å². The van der Waals surface area contributed by atoms with E-state index in [9.17, 15) is 0 Å². The normalized spacial score (nSPS) is 10.4. The van der Waals surface area contributed by atoms with E-state index in [-0.39, 0.29) is 5.84 Å². The van der Waals surface area contributed by atoms with Gasteiger partial charge in [0.15, 0.2) is 0 Å². The van der Waals surface area contributed by atoms with Gasteiger partial charge in [-0.3, -0.25) is 5.41 Å². The fraction of sp³-hybridized carbons (Fsp3) is 0.600. The number of nitrogens with two attached hydrogens (primary N) is 1. The van der Waals surface area contributed by atoms with E-state index in [1.165, 1.54) is 5.69 Å². The number of hydrogen-bond acceptors (Lipinski definition) is 2. The summed E-state index contributed by atoms with van der Waals surface area (Å²) in [4.78, 5) is 4.23. The summed E-state index contributed by atoms with van der Waals surface area (Å²) in [5, 5.41) is 7.08. The molecule has 4 heteroatoms. The van der Waals surface area contributed by atoms with E-state index < -0.39 is 0 Å². The molecule has 0 spiro atoms. The van der Waals surface area contributed by atoms with Gasteiger partial charge in [0.05, 0.1) is 17.9 Å². The van der Waals surface area contributed by atoms with E-state index >= 15 is 0 Å². The highest BCUT2D eigenvalue weighted by Gasteiger charge is 2.00. The molecule has 0 radical (unpaired) electrons. The second-order valence-electron chi connectivity index (χ2n) is 3.59. The number of nitrogens with zero attached hydrogens (tertiary/aromatic N) is 2. The van der Waals surface area contributed by atoms with Gasteiger partial charge in [0.2, 0.25) is 0 Å². The minimum absolute atomic E-state index is 0.281. The van der Waals surface area contributed by atoms with Crippen molar-refractivity contribution in [1.29, 1.82) is 5.41 Å². The zero-order chi connectivity index (χ0) is 10.6. The number of hydrogen-bond donors (Lipinski definition) is 2. The highest BCUT2D eigenvalue weighted by molar-refractivity contribution is 5.76. The second kappa shape index (κ2) is 4.79. The van der Waals surface area contributed by atoms with Crippen LogP contribution in [0, 0.1) is 19.3 Å². The Morgan fingerprint density at radius 3 is 2.71 bits per heavy atom. The van der Waals surface area contributed by atoms with Crippen LogP contribution in [0.1, 0.15) is 30.7 Å². The Morgan fingerprint density at radius 2 is 2.21 bits per heavy atom. The monoisotopic (exact) mass is 194 g/mol. The highest BCUT2D eigenvalue weighted by Crippen LogP contribution is 2.06. The van der Waals surface area contributed by atoms with Crippen molar-refractivity contribution in [1.82, 2.24) is 9.55 Å². The van der Waals surface area contributed by atoms with Crippen LogP contribution in [0.25, 0.3) is 0 Å². The average Bonchev–Trinajstić information content (AvgIpc) is 2.43. The molecule has 0 fully saturated rings. The Morgan fingerprint density at radius 1 is 1.50 bits per heavy atom. The van der Waals surface area contributed by atoms with Gasteiger partial charge < -0.3 is 10.3 Å². The number of amidine groups is 1. The standard InChI is InChI=1S/C10H18N4/c1-8-9(2)14(7-13-8)6-4-3-5-10(11)12/h7H,3-6H2,1-2H3,(H3,11,12). The van der Waals surface area contributed by atoms with Crippen LogP contribution < -0.4 is 5.73 Å². The van der Waals surface area contributed by atoms with Crippen LogP contribution in [0.2, 0.25) is 0 Å². The molecule has 0 unspecified atom stereocenters. The first-order valence-electron chi connectivity index (χ1n) is 4.92. The summed E-state index contributed by atoms with van der Waals surface area (Å²) in [5.41, 5.74) is 7.59. The van der Waals surface area contributed by atoms with E-state index in [1.807, 2.05) is 13.3 Å². The third-order valence-corrected chi connectivity index (χ3v) is 2.44. The lowest BCUT2D eigenvalue weighted by molar-refractivity contribution is 0.606. The number of unbranched alkanes of at least 4 members (excludes halogenated alkanes) is 1. The highest BCUT2D eigenvalue weighted by atomic mass is 15.0. The predicted octanol–water partition coefficient (Wildman–Crippen LogP) is 1.61. The van der Waals surface area contributed by atoms with Crippen molar-refractivity contribution >= 4 is 5.84 Å². The van der Waals surface area contributed by atoms with Crippen LogP contribution in [0.3, 0.4) is 0 Å². The molecule has 14 heavy (non-hydrogen) atoms. The Kier molecular flexibility index (Phi) is 3.68. The summed E-state index contributed by atoms with van der Waals surface area (Å²) in [6, 6.07) is 0. The van der Waals surface area contributed by atoms with Gasteiger partial charge in [0.1, 0.15) is 0 Å². The van der Waals surface area contributed by atoms with E-state index in [4.69, 9.17) is 11.1 Å². The van der Waals surface area contributed by atoms with Gasteiger partial charge in [-0.2, -0.15) is 0 Å². The van der Waals surface area contributed by atoms with E-state index in [1.54, 1.807) is 0 Å². The van der Waals surface area contributed by atoms with Crippen LogP contribution in [0.15, 0.2) is 6.33 Å². The van der Waals surface area contributed by atoms with Gasteiger partial charge in [-0.1, -0.05) is 0 Å². The minimum atomic E-state index is 0.281. The summed E-state index contributed by atoms with van der Waals surface area (Å²) in [6.07, 6.45) is 4.60. The molecule has 1 aromatic rings. The first kappa shape index (κ1) is 10.8. The zero-order valence-corrected chi connectivity index (χ0v) is 8.88. The molecule has 0 bridgehead atoms. The smallest absolute Gasteiger partial charge is 0.0951 e. The van der Waals surface area contributed by atoms with Crippen LogP contribution >= 0.6 is 0 Å². The van der Waals surface area contributed by atoms with Crippen molar-refractivity contribution < 1.29 is 0 Å². The molecular formula is C10H18N4. The van der Waals surface area contributed by atoms with Crippen molar-refractivity contribution in [3.05, 3.63) is 17.7 Å². The maximum atomic E-state index is 7.08. The first-order chi connectivity index (χ1) is 6.61. The minimum Gasteiger partial charge on any atom is -0.388 e. The van der Waals surface area contributed by atoms with Crippen molar-refractivity contribution in [3.8, 4) is 0 Å². The van der Waals surface area contributed by atoms with Crippen molar-refractivity contribution in [2.24, 2.45) is 5.73 Å². The van der Waals surface area contributed by atoms with Crippen molar-refractivity contribution in [2.75, 3.05) is 0 Å². The second-order valence-corrected chi connectivity index (χ2v) is 3.59. The molecule has 1 aromatic heterocycles. The van der Waals surface area contributed by atoms with E-state index in [0.717, 1.165) is 25.1 Å². The number of aromatic nitrogens is 2. The van der Waals surface area contributed by atoms with Gasteiger partial charge in [-0.05, 0) is 26.7 Å². The summed E-state index contributed by atoms with van der Waals surface area (Å²) >= 11 is 0. The number of imidazole rings is 1. The SMILES string of the molecule is Cc1ncn(CCCCC(=N)N)c1C. The van der Waals surface area contributed by atoms with Crippen molar-refractivity contribution in [2.45, 2.75) is 39.7 Å². The fourth-order valence-electron chi connectivity index (χ4n) is 1.37. The third-order valence-electron chi connectivity index (χ3n) is 2.44. The van der Waals surface area contributed by atoms with Gasteiger partial charge in [0.25, 0.3) is 0 Å². The van der Waals surface area contributed by atoms with Gasteiger partial charge in [-0.15, -0.1) is 0 Å². The lowest BCUT2D eigenvalue weighted by Gasteiger charge is -2.04. The summed E-state index contributed by atoms with van der Waals surface area (Å²) in [6.45, 7) is 5.06. The largest absolute Gasteiger partial charge is 0.388 e. The average molecular weight is 194 g/mol. The Hall–Kier alpha value is -1.32. The molecule has 0 atom stereocenters. The number of rotatable bonds is 5. The van der Waals surface area contributed by atoms with E-state index in [2.05, 4.69) is 16.5 Å². The third kappa shape index (κ3) is 2.87. The van der Waals surface area contributed by atoms with Gasteiger partial charge >= 0.3 is 0 Å². The Bertz CT molecular complexity index is 314. The lowest BCUT2D eigenvalue weighted by atomic mass is 10.2. The molecule has 0 aliphatic heterocycles. The number of nitrogens with one attached hydrogen (secondary N) is 1.